The van der Waals surface area contributed by atoms with Gasteiger partial charge < -0.3 is 45.1 Å². The highest BCUT2D eigenvalue weighted by Gasteiger charge is 2.26. The predicted molar refractivity (Wildman–Crippen MR) is 277 cm³/mol. The van der Waals surface area contributed by atoms with Gasteiger partial charge in [-0.15, -0.1) is 0 Å². The fourth-order valence-corrected chi connectivity index (χ4v) is 8.05. The molecule has 0 spiro atoms. The van der Waals surface area contributed by atoms with E-state index in [9.17, 15) is 28.8 Å². The van der Waals surface area contributed by atoms with Gasteiger partial charge in [0.2, 0.25) is 0 Å². The molecule has 16 nitrogen and oxygen atoms in total. The van der Waals surface area contributed by atoms with Crippen LogP contribution in [0, 0.1) is 13.8 Å². The summed E-state index contributed by atoms with van der Waals surface area (Å²) in [5.41, 5.74) is 3.21. The quantitative estimate of drug-likeness (QED) is 0.106. The molecule has 4 N–H and O–H groups in total. The summed E-state index contributed by atoms with van der Waals surface area (Å²) in [6.07, 6.45) is 0.212. The van der Waals surface area contributed by atoms with Gasteiger partial charge in [-0.2, -0.15) is 0 Å². The highest BCUT2D eigenvalue weighted by atomic mass is 16.6. The predicted octanol–water partition coefficient (Wildman–Crippen LogP) is 8.21. The fourth-order valence-electron chi connectivity index (χ4n) is 8.05. The summed E-state index contributed by atoms with van der Waals surface area (Å²) in [6, 6.07) is 25.6. The van der Waals surface area contributed by atoms with Crippen molar-refractivity contribution in [1.29, 1.82) is 0 Å². The molecule has 0 saturated carbocycles. The SMILES string of the molecule is Cc1c2ccc(c1C)C(=O)NCCN(CCNC(=O)OC(C)(C)C)CCNC(=O)c1ccc(c(OCc3ccccc3)c1OCc1ccccc1)C(=O)CCCN(CCNC(=O)OC(C)(C)C)CCCC2=O. The van der Waals surface area contributed by atoms with Gasteiger partial charge in [-0.25, -0.2) is 9.59 Å². The van der Waals surface area contributed by atoms with E-state index in [-0.39, 0.29) is 92.3 Å². The summed E-state index contributed by atoms with van der Waals surface area (Å²) in [5.74, 6) is -0.734. The third-order valence-electron chi connectivity index (χ3n) is 11.8. The van der Waals surface area contributed by atoms with Crippen molar-refractivity contribution in [2.75, 3.05) is 65.4 Å². The molecule has 0 atom stereocenters. The molecule has 8 rings (SSSR count). The summed E-state index contributed by atoms with van der Waals surface area (Å²) >= 11 is 0. The Hall–Kier alpha value is -6.78. The summed E-state index contributed by atoms with van der Waals surface area (Å²) in [7, 11) is 0. The molecule has 0 aromatic heterocycles. The van der Waals surface area contributed by atoms with Gasteiger partial charge >= 0.3 is 12.2 Å². The molecule has 0 radical (unpaired) electrons. The smallest absolute Gasteiger partial charge is 0.407 e. The van der Waals surface area contributed by atoms with E-state index >= 15 is 0 Å². The van der Waals surface area contributed by atoms with Gasteiger partial charge in [0, 0.05) is 76.3 Å². The van der Waals surface area contributed by atoms with Gasteiger partial charge in [-0.3, -0.25) is 24.1 Å². The Kier molecular flexibility index (Phi) is 21.2. The Morgan fingerprint density at radius 3 is 1.40 bits per heavy atom. The molecule has 0 saturated heterocycles. The number of ketones is 2. The van der Waals surface area contributed by atoms with Gasteiger partial charge in [-0.05, 0) is 122 Å². The van der Waals surface area contributed by atoms with E-state index in [0.717, 1.165) is 16.7 Å². The van der Waals surface area contributed by atoms with Crippen molar-refractivity contribution in [1.82, 2.24) is 31.1 Å². The molecule has 4 aromatic rings. The third kappa shape index (κ3) is 18.4. The van der Waals surface area contributed by atoms with Crippen molar-refractivity contribution in [3.63, 3.8) is 0 Å². The number of Topliss-reactive ketones (excluding diaryl/α,β-unsaturated/α-hetero) is 2. The Balaban J connectivity index is 1.47. The van der Waals surface area contributed by atoms with Crippen LogP contribution in [-0.4, -0.2) is 122 Å². The van der Waals surface area contributed by atoms with Crippen molar-refractivity contribution < 1.29 is 47.7 Å². The zero-order valence-electron chi connectivity index (χ0n) is 43.4. The summed E-state index contributed by atoms with van der Waals surface area (Å²) in [4.78, 5) is 85.3. The average Bonchev–Trinajstić information content (AvgIpc) is 3.32. The molecule has 0 unspecified atom stereocenters. The summed E-state index contributed by atoms with van der Waals surface area (Å²) in [6.45, 7) is 18.1. The number of amides is 4. The lowest BCUT2D eigenvalue weighted by atomic mass is 9.93. The lowest BCUT2D eigenvalue weighted by Gasteiger charge is -2.25. The number of carbonyl (C=O) groups is 6. The summed E-state index contributed by atoms with van der Waals surface area (Å²) in [5, 5.41) is 11.6. The van der Waals surface area contributed by atoms with Gasteiger partial charge in [-0.1, -0.05) is 66.7 Å². The minimum absolute atomic E-state index is 0.0505. The van der Waals surface area contributed by atoms with Crippen LogP contribution in [-0.2, 0) is 22.7 Å². The molecular weight excluding hydrogens is 917 g/mol. The maximum Gasteiger partial charge on any atom is 0.407 e. The van der Waals surface area contributed by atoms with E-state index in [1.54, 1.807) is 65.8 Å². The molecule has 4 bridgehead atoms. The maximum absolute atomic E-state index is 14.4. The second-order valence-electron chi connectivity index (χ2n) is 19.9. The monoisotopic (exact) mass is 991 g/mol. The number of carbonyl (C=O) groups excluding carboxylic acids is 6. The Labute approximate surface area is 424 Å². The first-order chi connectivity index (χ1) is 34.3. The molecular formula is C56H74N6O10. The lowest BCUT2D eigenvalue weighted by Crippen LogP contribution is -2.43. The molecule has 4 heterocycles. The van der Waals surface area contributed by atoms with Crippen LogP contribution in [0.25, 0.3) is 0 Å². The second kappa shape index (κ2) is 27.2. The number of nitrogens with one attached hydrogen (secondary N) is 4. The molecule has 4 aliphatic heterocycles. The third-order valence-corrected chi connectivity index (χ3v) is 11.8. The molecule has 0 fully saturated rings. The Morgan fingerprint density at radius 1 is 0.528 bits per heavy atom. The fraction of sp³-hybridized carbons (Fsp3) is 0.464. The number of alkyl carbamates (subject to hydrolysis) is 2. The van der Waals surface area contributed by atoms with E-state index < -0.39 is 29.3 Å². The molecule has 4 amide bonds. The van der Waals surface area contributed by atoms with Crippen LogP contribution in [0.4, 0.5) is 9.59 Å². The van der Waals surface area contributed by atoms with Crippen molar-refractivity contribution in [3.8, 4) is 11.5 Å². The van der Waals surface area contributed by atoms with E-state index in [0.29, 0.717) is 68.8 Å². The molecule has 4 aromatic carbocycles. The number of ether oxygens (including phenoxy) is 4. The minimum Gasteiger partial charge on any atom is -0.484 e. The maximum atomic E-state index is 14.4. The average molecular weight is 991 g/mol. The van der Waals surface area contributed by atoms with Gasteiger partial charge in [0.05, 0.1) is 11.1 Å². The molecule has 4 aliphatic rings. The van der Waals surface area contributed by atoms with Crippen molar-refractivity contribution >= 4 is 35.6 Å². The molecule has 388 valence electrons. The van der Waals surface area contributed by atoms with Crippen molar-refractivity contribution in [2.45, 2.75) is 105 Å². The van der Waals surface area contributed by atoms with E-state index in [1.807, 2.05) is 79.4 Å². The first-order valence-corrected chi connectivity index (χ1v) is 24.9. The van der Waals surface area contributed by atoms with E-state index in [2.05, 4.69) is 26.2 Å². The van der Waals surface area contributed by atoms with E-state index in [4.69, 9.17) is 18.9 Å². The van der Waals surface area contributed by atoms with Crippen LogP contribution in [0.5, 0.6) is 11.5 Å². The van der Waals surface area contributed by atoms with Crippen molar-refractivity contribution in [2.24, 2.45) is 0 Å². The Bertz CT molecular complexity index is 2300. The van der Waals surface area contributed by atoms with E-state index in [1.165, 1.54) is 0 Å². The second-order valence-corrected chi connectivity index (χ2v) is 19.9. The normalized spacial score (nSPS) is 15.3. The van der Waals surface area contributed by atoms with Gasteiger partial charge in [0.25, 0.3) is 11.8 Å². The largest absolute Gasteiger partial charge is 0.484 e. The lowest BCUT2D eigenvalue weighted by molar-refractivity contribution is 0.0510. The van der Waals surface area contributed by atoms with Crippen LogP contribution < -0.4 is 30.7 Å². The first-order valence-electron chi connectivity index (χ1n) is 24.9. The highest BCUT2D eigenvalue weighted by molar-refractivity contribution is 6.04. The van der Waals surface area contributed by atoms with Crippen LogP contribution in [0.1, 0.15) is 131 Å². The van der Waals surface area contributed by atoms with Crippen LogP contribution in [0.3, 0.4) is 0 Å². The van der Waals surface area contributed by atoms with Crippen LogP contribution in [0.15, 0.2) is 84.9 Å². The molecule has 16 heteroatoms. The number of nitrogens with zero attached hydrogens (tertiary/aromatic N) is 2. The van der Waals surface area contributed by atoms with Gasteiger partial charge in [0.1, 0.15) is 24.4 Å². The Morgan fingerprint density at radius 2 is 0.917 bits per heavy atom. The van der Waals surface area contributed by atoms with Crippen molar-refractivity contribution in [3.05, 3.63) is 129 Å². The molecule has 72 heavy (non-hydrogen) atoms. The highest BCUT2D eigenvalue weighted by Crippen LogP contribution is 2.38. The molecule has 0 aliphatic carbocycles. The summed E-state index contributed by atoms with van der Waals surface area (Å²) < 4.78 is 23.9. The number of hydrogen-bond donors (Lipinski definition) is 4. The zero-order chi connectivity index (χ0) is 52.3. The minimum atomic E-state index is -0.678. The topological polar surface area (TPSA) is 194 Å². The first kappa shape index (κ1) is 56.1. The number of hydrogen-bond acceptors (Lipinski definition) is 12. The van der Waals surface area contributed by atoms with Crippen LogP contribution in [0.2, 0.25) is 0 Å². The van der Waals surface area contributed by atoms with Gasteiger partial charge in [0.15, 0.2) is 23.1 Å². The zero-order valence-corrected chi connectivity index (χ0v) is 43.4. The number of benzene rings is 4. The standard InChI is InChI=1S/C56H74N6O10/c1-39-40(2)44-24-23-43(39)47(63)21-15-31-61(35-29-59-53(67)71-55(3,4)5)32-16-22-48(64)45-25-26-46(50(70-38-42-19-13-10-14-20-42)49(45)69-37-41-17-11-9-12-18-41)52(66)58-28-34-62(33-27-57-51(44)65)36-30-60-54(68)72-56(6,7)8/h9-14,17-20,23-26H,15-16,21-22,27-38H2,1-8H3,(H,57,65)(H,58,66)(H,59,67)(H,60,68). The van der Waals surface area contributed by atoms with Crippen LogP contribution >= 0.6 is 0 Å². The number of rotatable bonds is 12.